The van der Waals surface area contributed by atoms with Gasteiger partial charge in [-0.25, -0.2) is 0 Å². The van der Waals surface area contributed by atoms with Crippen LogP contribution in [0, 0.1) is 11.8 Å². The highest BCUT2D eigenvalue weighted by molar-refractivity contribution is 5.81. The standard InChI is InChI=1S/C10H20N2O.C10H22N2/c1-8(2)9(11)10(13)12-6-4-3-5-7-12;1-9(2)10(11)8-12-6-4-3-5-7-12/h8-9H,3-7,11H2,1-2H3;9-10H,3-8,11H2,1-2H3/t9-;10-/m10/s1. The first-order valence-electron chi connectivity index (χ1n) is 10.3. The Hall–Kier alpha value is -0.650. The van der Waals surface area contributed by atoms with E-state index in [0.29, 0.717) is 12.0 Å². The molecule has 5 nitrogen and oxygen atoms in total. The van der Waals surface area contributed by atoms with E-state index in [-0.39, 0.29) is 17.9 Å². The molecule has 0 spiro atoms. The molecular formula is C20H42N4O. The molecular weight excluding hydrogens is 312 g/mol. The van der Waals surface area contributed by atoms with Crippen molar-refractivity contribution in [2.24, 2.45) is 23.3 Å². The van der Waals surface area contributed by atoms with Crippen LogP contribution in [0.4, 0.5) is 0 Å². The van der Waals surface area contributed by atoms with Crippen LogP contribution in [0.5, 0.6) is 0 Å². The van der Waals surface area contributed by atoms with Crippen LogP contribution in [0.25, 0.3) is 0 Å². The lowest BCUT2D eigenvalue weighted by atomic mass is 10.0. The zero-order valence-corrected chi connectivity index (χ0v) is 17.0. The molecule has 1 amide bonds. The Bertz CT molecular complexity index is 361. The van der Waals surface area contributed by atoms with E-state index in [0.717, 1.165) is 32.5 Å². The van der Waals surface area contributed by atoms with Gasteiger partial charge in [0.2, 0.25) is 5.91 Å². The molecule has 25 heavy (non-hydrogen) atoms. The zero-order chi connectivity index (χ0) is 18.8. The fourth-order valence-corrected chi connectivity index (χ4v) is 3.26. The van der Waals surface area contributed by atoms with Crippen molar-refractivity contribution in [2.45, 2.75) is 78.3 Å². The van der Waals surface area contributed by atoms with Crippen LogP contribution in [0.3, 0.4) is 0 Å². The monoisotopic (exact) mass is 354 g/mol. The molecule has 148 valence electrons. The number of nitrogens with two attached hydrogens (primary N) is 2. The minimum Gasteiger partial charge on any atom is -0.341 e. The number of carbonyl (C=O) groups excluding carboxylic acids is 1. The summed E-state index contributed by atoms with van der Waals surface area (Å²) in [6.45, 7) is 13.8. The van der Waals surface area contributed by atoms with E-state index in [1.807, 2.05) is 18.7 Å². The van der Waals surface area contributed by atoms with Crippen molar-refractivity contribution >= 4 is 5.91 Å². The van der Waals surface area contributed by atoms with Gasteiger partial charge in [-0.2, -0.15) is 0 Å². The summed E-state index contributed by atoms with van der Waals surface area (Å²) >= 11 is 0. The highest BCUT2D eigenvalue weighted by atomic mass is 16.2. The Morgan fingerprint density at radius 2 is 1.28 bits per heavy atom. The zero-order valence-electron chi connectivity index (χ0n) is 17.0. The van der Waals surface area contributed by atoms with Gasteiger partial charge in [0, 0.05) is 25.7 Å². The number of rotatable bonds is 5. The van der Waals surface area contributed by atoms with E-state index in [9.17, 15) is 4.79 Å². The highest BCUT2D eigenvalue weighted by Gasteiger charge is 2.24. The highest BCUT2D eigenvalue weighted by Crippen LogP contribution is 2.12. The van der Waals surface area contributed by atoms with Crippen molar-refractivity contribution in [1.29, 1.82) is 0 Å². The molecule has 2 saturated heterocycles. The van der Waals surface area contributed by atoms with Gasteiger partial charge in [0.05, 0.1) is 6.04 Å². The Kier molecular flexibility index (Phi) is 10.6. The minimum atomic E-state index is -0.307. The van der Waals surface area contributed by atoms with E-state index in [2.05, 4.69) is 18.7 Å². The molecule has 5 heteroatoms. The maximum Gasteiger partial charge on any atom is 0.239 e. The summed E-state index contributed by atoms with van der Waals surface area (Å²) in [5.74, 6) is 0.996. The van der Waals surface area contributed by atoms with Crippen LogP contribution < -0.4 is 11.5 Å². The van der Waals surface area contributed by atoms with Crippen molar-refractivity contribution in [3.8, 4) is 0 Å². The van der Waals surface area contributed by atoms with E-state index in [4.69, 9.17) is 11.5 Å². The van der Waals surface area contributed by atoms with Gasteiger partial charge in [-0.15, -0.1) is 0 Å². The topological polar surface area (TPSA) is 75.6 Å². The summed E-state index contributed by atoms with van der Waals surface area (Å²) in [6, 6.07) is 0.0567. The van der Waals surface area contributed by atoms with Crippen LogP contribution >= 0.6 is 0 Å². The average molecular weight is 355 g/mol. The summed E-state index contributed by atoms with van der Waals surface area (Å²) in [4.78, 5) is 16.2. The summed E-state index contributed by atoms with van der Waals surface area (Å²) in [6.07, 6.45) is 7.66. The van der Waals surface area contributed by atoms with Gasteiger partial charge in [-0.3, -0.25) is 4.79 Å². The van der Waals surface area contributed by atoms with E-state index >= 15 is 0 Å². The Labute approximate surface area is 155 Å². The lowest BCUT2D eigenvalue weighted by Gasteiger charge is -2.30. The number of nitrogens with zero attached hydrogens (tertiary/aromatic N) is 2. The van der Waals surface area contributed by atoms with Gasteiger partial charge in [-0.05, 0) is 57.0 Å². The number of amides is 1. The Morgan fingerprint density at radius 1 is 0.800 bits per heavy atom. The van der Waals surface area contributed by atoms with Crippen molar-refractivity contribution in [3.63, 3.8) is 0 Å². The molecule has 0 radical (unpaired) electrons. The van der Waals surface area contributed by atoms with Crippen LogP contribution in [0.2, 0.25) is 0 Å². The molecule has 2 aliphatic rings. The third-order valence-electron chi connectivity index (χ3n) is 5.45. The number of hydrogen-bond donors (Lipinski definition) is 2. The lowest BCUT2D eigenvalue weighted by molar-refractivity contribution is -0.134. The van der Waals surface area contributed by atoms with Crippen molar-refractivity contribution in [1.82, 2.24) is 9.80 Å². The summed E-state index contributed by atoms with van der Waals surface area (Å²) in [7, 11) is 0. The van der Waals surface area contributed by atoms with Crippen molar-refractivity contribution < 1.29 is 4.79 Å². The fraction of sp³-hybridized carbons (Fsp3) is 0.950. The molecule has 0 unspecified atom stereocenters. The molecule has 4 N–H and O–H groups in total. The van der Waals surface area contributed by atoms with Gasteiger partial charge >= 0.3 is 0 Å². The van der Waals surface area contributed by atoms with E-state index < -0.39 is 0 Å². The Balaban J connectivity index is 0.000000251. The molecule has 2 fully saturated rings. The van der Waals surface area contributed by atoms with Crippen molar-refractivity contribution in [3.05, 3.63) is 0 Å². The van der Waals surface area contributed by atoms with Gasteiger partial charge in [0.1, 0.15) is 0 Å². The number of likely N-dealkylation sites (tertiary alicyclic amines) is 2. The first kappa shape index (κ1) is 22.4. The SMILES string of the molecule is CC(C)[C@@H](N)C(=O)N1CCCCC1.CC(C)[C@@H](N)CN1CCCCC1. The minimum absolute atomic E-state index is 0.134. The molecule has 0 aromatic rings. The maximum absolute atomic E-state index is 11.7. The fourth-order valence-electron chi connectivity index (χ4n) is 3.26. The second-order valence-corrected chi connectivity index (χ2v) is 8.42. The molecule has 0 aromatic carbocycles. The van der Waals surface area contributed by atoms with Crippen LogP contribution in [-0.2, 0) is 4.79 Å². The van der Waals surface area contributed by atoms with Crippen LogP contribution in [0.1, 0.15) is 66.2 Å². The molecule has 0 aliphatic carbocycles. The maximum atomic E-state index is 11.7. The van der Waals surface area contributed by atoms with Crippen molar-refractivity contribution in [2.75, 3.05) is 32.7 Å². The summed E-state index contributed by atoms with van der Waals surface area (Å²) in [5, 5.41) is 0. The summed E-state index contributed by atoms with van der Waals surface area (Å²) < 4.78 is 0. The van der Waals surface area contributed by atoms with Gasteiger partial charge in [0.25, 0.3) is 0 Å². The number of hydrogen-bond acceptors (Lipinski definition) is 4. The third-order valence-corrected chi connectivity index (χ3v) is 5.45. The van der Waals surface area contributed by atoms with Gasteiger partial charge < -0.3 is 21.3 Å². The molecule has 0 bridgehead atoms. The quantitative estimate of drug-likeness (QED) is 0.795. The molecule has 2 heterocycles. The van der Waals surface area contributed by atoms with Crippen LogP contribution in [-0.4, -0.2) is 60.5 Å². The Morgan fingerprint density at radius 3 is 1.72 bits per heavy atom. The van der Waals surface area contributed by atoms with Gasteiger partial charge in [-0.1, -0.05) is 34.1 Å². The average Bonchev–Trinajstić information content (AvgIpc) is 2.62. The largest absolute Gasteiger partial charge is 0.341 e. The molecule has 0 saturated carbocycles. The first-order valence-corrected chi connectivity index (χ1v) is 10.3. The second-order valence-electron chi connectivity index (χ2n) is 8.42. The lowest BCUT2D eigenvalue weighted by Crippen LogP contribution is -2.48. The van der Waals surface area contributed by atoms with Crippen LogP contribution in [0.15, 0.2) is 0 Å². The smallest absolute Gasteiger partial charge is 0.239 e. The van der Waals surface area contributed by atoms with E-state index in [1.165, 1.54) is 38.8 Å². The third kappa shape index (κ3) is 8.52. The predicted octanol–water partition coefficient (Wildman–Crippen LogP) is 2.44. The second kappa shape index (κ2) is 11.9. The molecule has 2 aliphatic heterocycles. The molecule has 2 atom stereocenters. The predicted molar refractivity (Wildman–Crippen MR) is 106 cm³/mol. The van der Waals surface area contributed by atoms with Gasteiger partial charge in [0.15, 0.2) is 0 Å². The normalized spacial score (nSPS) is 21.7. The number of carbonyl (C=O) groups is 1. The first-order chi connectivity index (χ1) is 11.8. The summed E-state index contributed by atoms with van der Waals surface area (Å²) in [5.41, 5.74) is 11.8. The number of piperidine rings is 2. The molecule has 2 rings (SSSR count). The van der Waals surface area contributed by atoms with E-state index in [1.54, 1.807) is 0 Å². The molecule has 0 aromatic heterocycles.